The van der Waals surface area contributed by atoms with Gasteiger partial charge in [0.25, 0.3) is 0 Å². The Morgan fingerprint density at radius 3 is 2.76 bits per heavy atom. The van der Waals surface area contributed by atoms with Gasteiger partial charge in [-0.15, -0.1) is 0 Å². The fraction of sp³-hybridized carbons (Fsp3) is 0.467. The molecule has 6 heteroatoms. The molecule has 116 valence electrons. The predicted molar refractivity (Wildman–Crippen MR) is 87.4 cm³/mol. The fourth-order valence-electron chi connectivity index (χ4n) is 1.64. The lowest BCUT2D eigenvalue weighted by Crippen LogP contribution is -2.19. The van der Waals surface area contributed by atoms with Crippen LogP contribution in [0.25, 0.3) is 0 Å². The summed E-state index contributed by atoms with van der Waals surface area (Å²) in [5.74, 6) is 0.453. The number of benzene rings is 1. The van der Waals surface area contributed by atoms with E-state index in [1.807, 2.05) is 6.92 Å². The van der Waals surface area contributed by atoms with Crippen LogP contribution in [0.2, 0.25) is 10.0 Å². The predicted octanol–water partition coefficient (Wildman–Crippen LogP) is 4.44. The number of nitrogens with zero attached hydrogens (tertiary/aromatic N) is 1. The Morgan fingerprint density at radius 2 is 2.10 bits per heavy atom. The third kappa shape index (κ3) is 7.34. The van der Waals surface area contributed by atoms with Crippen LogP contribution < -0.4 is 10.2 Å². The quantitative estimate of drug-likeness (QED) is 0.435. The number of carbonyl (C=O) groups excluding carboxylic acids is 1. The largest absolute Gasteiger partial charge is 0.492 e. The Balaban J connectivity index is 2.24. The zero-order valence-electron chi connectivity index (χ0n) is 12.3. The van der Waals surface area contributed by atoms with Crippen LogP contribution in [0.15, 0.2) is 23.3 Å². The molecule has 0 saturated heterocycles. The maximum absolute atomic E-state index is 11.6. The second-order valence-electron chi connectivity index (χ2n) is 4.66. The molecule has 0 aliphatic rings. The van der Waals surface area contributed by atoms with Crippen LogP contribution >= 0.6 is 23.2 Å². The van der Waals surface area contributed by atoms with Gasteiger partial charge in [-0.3, -0.25) is 4.79 Å². The Hall–Kier alpha value is -1.26. The van der Waals surface area contributed by atoms with Crippen LogP contribution in [-0.2, 0) is 4.79 Å². The summed E-state index contributed by atoms with van der Waals surface area (Å²) < 4.78 is 5.50. The van der Waals surface area contributed by atoms with Gasteiger partial charge in [0.15, 0.2) is 0 Å². The molecule has 0 aliphatic carbocycles. The first kappa shape index (κ1) is 17.8. The lowest BCUT2D eigenvalue weighted by molar-refractivity contribution is -0.121. The van der Waals surface area contributed by atoms with Gasteiger partial charge < -0.3 is 4.74 Å². The van der Waals surface area contributed by atoms with Gasteiger partial charge in [-0.25, -0.2) is 5.43 Å². The molecular weight excluding hydrogens is 311 g/mol. The molecule has 0 heterocycles. The molecule has 1 aromatic carbocycles. The highest BCUT2D eigenvalue weighted by atomic mass is 35.5. The average Bonchev–Trinajstić information content (AvgIpc) is 2.43. The van der Waals surface area contributed by atoms with Crippen molar-refractivity contribution in [3.05, 3.63) is 28.2 Å². The number of amides is 1. The summed E-state index contributed by atoms with van der Waals surface area (Å²) in [4.78, 5) is 11.6. The third-order valence-corrected chi connectivity index (χ3v) is 3.21. The summed E-state index contributed by atoms with van der Waals surface area (Å²) >= 11 is 11.8. The van der Waals surface area contributed by atoms with E-state index in [0.717, 1.165) is 18.6 Å². The first-order valence-corrected chi connectivity index (χ1v) is 7.68. The molecule has 0 bridgehead atoms. The van der Waals surface area contributed by atoms with Gasteiger partial charge in [0.1, 0.15) is 5.75 Å². The summed E-state index contributed by atoms with van der Waals surface area (Å²) in [6.07, 6.45) is 2.85. The molecule has 1 aromatic rings. The molecule has 21 heavy (non-hydrogen) atoms. The molecule has 1 N–H and O–H groups in total. The molecule has 4 nitrogen and oxygen atoms in total. The van der Waals surface area contributed by atoms with Crippen molar-refractivity contribution in [2.24, 2.45) is 5.10 Å². The zero-order chi connectivity index (χ0) is 15.7. The molecule has 1 amide bonds. The number of hydrogen-bond donors (Lipinski definition) is 1. The minimum atomic E-state index is -0.115. The lowest BCUT2D eigenvalue weighted by atomic mass is 10.2. The third-order valence-electron chi connectivity index (χ3n) is 2.68. The molecule has 0 atom stereocenters. The van der Waals surface area contributed by atoms with E-state index in [4.69, 9.17) is 27.9 Å². The van der Waals surface area contributed by atoms with Crippen molar-refractivity contribution in [1.82, 2.24) is 5.43 Å². The first-order valence-electron chi connectivity index (χ1n) is 6.92. The van der Waals surface area contributed by atoms with Crippen molar-refractivity contribution in [3.63, 3.8) is 0 Å². The van der Waals surface area contributed by atoms with E-state index in [0.29, 0.717) is 35.2 Å². The molecule has 1 rings (SSSR count). The van der Waals surface area contributed by atoms with Gasteiger partial charge in [-0.05, 0) is 38.0 Å². The number of rotatable bonds is 8. The Bertz CT molecular complexity index is 504. The van der Waals surface area contributed by atoms with Crippen LogP contribution in [-0.4, -0.2) is 18.2 Å². The second-order valence-corrected chi connectivity index (χ2v) is 5.50. The lowest BCUT2D eigenvalue weighted by Gasteiger charge is -2.08. The maximum Gasteiger partial charge on any atom is 0.240 e. The Morgan fingerprint density at radius 1 is 1.33 bits per heavy atom. The van der Waals surface area contributed by atoms with E-state index >= 15 is 0 Å². The number of carbonyl (C=O) groups is 1. The Kier molecular flexibility index (Phi) is 8.16. The average molecular weight is 331 g/mol. The zero-order valence-corrected chi connectivity index (χ0v) is 13.8. The SMILES string of the molecule is CCCC(C)=NNC(=O)CCCOc1ccc(Cl)cc1Cl. The van der Waals surface area contributed by atoms with Gasteiger partial charge >= 0.3 is 0 Å². The minimum absolute atomic E-state index is 0.115. The molecule has 0 aliphatic heterocycles. The Labute approximate surface area is 135 Å². The van der Waals surface area contributed by atoms with Crippen molar-refractivity contribution >= 4 is 34.8 Å². The van der Waals surface area contributed by atoms with Crippen molar-refractivity contribution in [2.75, 3.05) is 6.61 Å². The van der Waals surface area contributed by atoms with E-state index in [2.05, 4.69) is 17.5 Å². The van der Waals surface area contributed by atoms with Gasteiger partial charge in [0.05, 0.1) is 11.6 Å². The second kappa shape index (κ2) is 9.64. The summed E-state index contributed by atoms with van der Waals surface area (Å²) in [6, 6.07) is 5.04. The number of nitrogens with one attached hydrogen (secondary N) is 1. The van der Waals surface area contributed by atoms with Crippen molar-refractivity contribution in [1.29, 1.82) is 0 Å². The molecule has 0 unspecified atom stereocenters. The van der Waals surface area contributed by atoms with Crippen LogP contribution in [0.1, 0.15) is 39.5 Å². The smallest absolute Gasteiger partial charge is 0.240 e. The van der Waals surface area contributed by atoms with E-state index in [9.17, 15) is 4.79 Å². The van der Waals surface area contributed by atoms with Gasteiger partial charge in [-0.1, -0.05) is 36.5 Å². The first-order chi connectivity index (χ1) is 10.0. The van der Waals surface area contributed by atoms with Crippen molar-refractivity contribution in [2.45, 2.75) is 39.5 Å². The fourth-order valence-corrected chi connectivity index (χ4v) is 2.10. The molecule has 0 fully saturated rings. The van der Waals surface area contributed by atoms with Crippen LogP contribution in [0.4, 0.5) is 0 Å². The summed E-state index contributed by atoms with van der Waals surface area (Å²) in [5.41, 5.74) is 3.46. The highest BCUT2D eigenvalue weighted by Gasteiger charge is 2.04. The number of hydrogen-bond acceptors (Lipinski definition) is 3. The van der Waals surface area contributed by atoms with E-state index in [1.54, 1.807) is 18.2 Å². The number of hydrazone groups is 1. The van der Waals surface area contributed by atoms with Crippen molar-refractivity contribution in [3.8, 4) is 5.75 Å². The normalized spacial score (nSPS) is 11.3. The monoisotopic (exact) mass is 330 g/mol. The van der Waals surface area contributed by atoms with E-state index in [-0.39, 0.29) is 5.91 Å². The van der Waals surface area contributed by atoms with Gasteiger partial charge in [0.2, 0.25) is 5.91 Å². The topological polar surface area (TPSA) is 50.7 Å². The van der Waals surface area contributed by atoms with Crippen LogP contribution in [0.5, 0.6) is 5.75 Å². The molecule has 0 saturated carbocycles. The molecule has 0 radical (unpaired) electrons. The van der Waals surface area contributed by atoms with Crippen LogP contribution in [0, 0.1) is 0 Å². The highest BCUT2D eigenvalue weighted by Crippen LogP contribution is 2.27. The maximum atomic E-state index is 11.6. The van der Waals surface area contributed by atoms with E-state index in [1.165, 1.54) is 0 Å². The van der Waals surface area contributed by atoms with Crippen LogP contribution in [0.3, 0.4) is 0 Å². The van der Waals surface area contributed by atoms with Gasteiger partial charge in [0, 0.05) is 17.2 Å². The summed E-state index contributed by atoms with van der Waals surface area (Å²) in [6.45, 7) is 4.38. The van der Waals surface area contributed by atoms with E-state index < -0.39 is 0 Å². The molecule has 0 spiro atoms. The minimum Gasteiger partial charge on any atom is -0.492 e. The molecular formula is C15H20Cl2N2O2. The standard InChI is InChI=1S/C15H20Cl2N2O2/c1-3-5-11(2)18-19-15(20)6-4-9-21-14-8-7-12(16)10-13(14)17/h7-8,10H,3-6,9H2,1-2H3,(H,19,20). The molecule has 0 aromatic heterocycles. The van der Waals surface area contributed by atoms with Crippen molar-refractivity contribution < 1.29 is 9.53 Å². The summed E-state index contributed by atoms with van der Waals surface area (Å²) in [5, 5.41) is 5.04. The van der Waals surface area contributed by atoms with Gasteiger partial charge in [-0.2, -0.15) is 5.10 Å². The number of halogens is 2. The number of ether oxygens (including phenoxy) is 1. The summed E-state index contributed by atoms with van der Waals surface area (Å²) in [7, 11) is 0. The highest BCUT2D eigenvalue weighted by molar-refractivity contribution is 6.35.